The molecule has 0 atom stereocenters. The summed E-state index contributed by atoms with van der Waals surface area (Å²) in [4.78, 5) is 0. The molecular weight excluding hydrogens is 288 g/mol. The maximum atomic E-state index is 5.12. The van der Waals surface area contributed by atoms with E-state index in [9.17, 15) is 0 Å². The standard InChI is InChI=1S/C6H11O2.W/c1-2-7-3-6-4-8-5-6;/h2-5H2,1H3;/q-1;. The fourth-order valence-electron chi connectivity index (χ4n) is 0.576. The van der Waals surface area contributed by atoms with E-state index in [4.69, 9.17) is 9.47 Å². The van der Waals surface area contributed by atoms with Crippen LogP contribution >= 0.6 is 0 Å². The predicted octanol–water partition coefficient (Wildman–Crippen LogP) is 0.625. The predicted molar refractivity (Wildman–Crippen MR) is 30.6 cm³/mol. The average Bonchev–Trinajstić information content (AvgIpc) is 1.63. The van der Waals surface area contributed by atoms with Crippen LogP contribution in [0.3, 0.4) is 0 Å². The number of rotatable bonds is 3. The van der Waals surface area contributed by atoms with Crippen molar-refractivity contribution in [2.75, 3.05) is 26.4 Å². The molecule has 0 aromatic carbocycles. The van der Waals surface area contributed by atoms with Gasteiger partial charge in [-0.15, -0.1) is 0 Å². The van der Waals surface area contributed by atoms with Crippen LogP contribution in [0, 0.1) is 5.92 Å². The van der Waals surface area contributed by atoms with E-state index in [1.165, 1.54) is 5.92 Å². The fourth-order valence-corrected chi connectivity index (χ4v) is 0.576. The smallest absolute Gasteiger partial charge is 0.0402 e. The van der Waals surface area contributed by atoms with Crippen LogP contribution in [0.4, 0.5) is 0 Å². The number of hydrogen-bond acceptors (Lipinski definition) is 2. The minimum atomic E-state index is 0. The average molecular weight is 299 g/mol. The van der Waals surface area contributed by atoms with Crippen LogP contribution in [0.5, 0.6) is 0 Å². The topological polar surface area (TPSA) is 18.5 Å². The molecule has 1 fully saturated rings. The molecule has 1 heterocycles. The molecule has 1 aliphatic rings. The molecule has 0 aliphatic carbocycles. The van der Waals surface area contributed by atoms with Gasteiger partial charge in [0.15, 0.2) is 0 Å². The Morgan fingerprint density at radius 2 is 2.22 bits per heavy atom. The second-order valence-electron chi connectivity index (χ2n) is 1.88. The van der Waals surface area contributed by atoms with Crippen molar-refractivity contribution in [2.45, 2.75) is 6.92 Å². The normalized spacial score (nSPS) is 18.3. The molecule has 0 amide bonds. The van der Waals surface area contributed by atoms with Gasteiger partial charge >= 0.3 is 0 Å². The zero-order valence-corrected chi connectivity index (χ0v) is 8.49. The van der Waals surface area contributed by atoms with E-state index in [1.54, 1.807) is 0 Å². The Bertz CT molecular complexity index is 64.1. The Morgan fingerprint density at radius 3 is 2.56 bits per heavy atom. The molecule has 1 rings (SSSR count). The SMILES string of the molecule is CCOC[C-]1COC1.[W]. The van der Waals surface area contributed by atoms with Gasteiger partial charge in [-0.2, -0.15) is 0 Å². The van der Waals surface area contributed by atoms with Gasteiger partial charge in [0.25, 0.3) is 0 Å². The van der Waals surface area contributed by atoms with Gasteiger partial charge in [0, 0.05) is 27.7 Å². The number of ether oxygens (including phenoxy) is 2. The molecular formula is C6H11O2W-. The van der Waals surface area contributed by atoms with E-state index < -0.39 is 0 Å². The molecule has 0 bridgehead atoms. The molecule has 1 aliphatic heterocycles. The summed E-state index contributed by atoms with van der Waals surface area (Å²) in [5.41, 5.74) is 0. The van der Waals surface area contributed by atoms with E-state index in [0.717, 1.165) is 26.4 Å². The molecule has 0 saturated carbocycles. The van der Waals surface area contributed by atoms with Gasteiger partial charge in [0.2, 0.25) is 0 Å². The molecule has 0 radical (unpaired) electrons. The Labute approximate surface area is 70.2 Å². The molecule has 9 heavy (non-hydrogen) atoms. The van der Waals surface area contributed by atoms with Crippen molar-refractivity contribution in [2.24, 2.45) is 0 Å². The molecule has 0 aromatic rings. The van der Waals surface area contributed by atoms with Crippen molar-refractivity contribution in [1.29, 1.82) is 0 Å². The molecule has 3 heteroatoms. The van der Waals surface area contributed by atoms with E-state index >= 15 is 0 Å². The van der Waals surface area contributed by atoms with Gasteiger partial charge in [-0.1, -0.05) is 19.8 Å². The first kappa shape index (κ1) is 9.61. The van der Waals surface area contributed by atoms with Crippen molar-refractivity contribution in [3.8, 4) is 0 Å². The number of hydrogen-bond donors (Lipinski definition) is 0. The zero-order valence-electron chi connectivity index (χ0n) is 5.55. The first-order valence-electron chi connectivity index (χ1n) is 2.92. The minimum Gasteiger partial charge on any atom is -0.444 e. The summed E-state index contributed by atoms with van der Waals surface area (Å²) in [6.07, 6.45) is 0. The van der Waals surface area contributed by atoms with Crippen molar-refractivity contribution in [3.05, 3.63) is 5.92 Å². The summed E-state index contributed by atoms with van der Waals surface area (Å²) >= 11 is 0. The second-order valence-corrected chi connectivity index (χ2v) is 1.88. The maximum Gasteiger partial charge on any atom is 0.0402 e. The summed E-state index contributed by atoms with van der Waals surface area (Å²) in [6.45, 7) is 5.25. The zero-order chi connectivity index (χ0) is 5.82. The quantitative estimate of drug-likeness (QED) is 0.712. The fraction of sp³-hybridized carbons (Fsp3) is 0.833. The van der Waals surface area contributed by atoms with Crippen molar-refractivity contribution >= 4 is 0 Å². The molecule has 54 valence electrons. The van der Waals surface area contributed by atoms with Gasteiger partial charge in [0.05, 0.1) is 0 Å². The Morgan fingerprint density at radius 1 is 1.56 bits per heavy atom. The van der Waals surface area contributed by atoms with Crippen LogP contribution in [-0.4, -0.2) is 26.4 Å². The van der Waals surface area contributed by atoms with Crippen molar-refractivity contribution < 1.29 is 30.5 Å². The molecule has 1 saturated heterocycles. The Hall–Kier alpha value is 0.608. The molecule has 0 spiro atoms. The van der Waals surface area contributed by atoms with Gasteiger partial charge < -0.3 is 9.47 Å². The largest absolute Gasteiger partial charge is 0.444 e. The van der Waals surface area contributed by atoms with Gasteiger partial charge in [-0.25, -0.2) is 5.92 Å². The van der Waals surface area contributed by atoms with Crippen molar-refractivity contribution in [3.63, 3.8) is 0 Å². The van der Waals surface area contributed by atoms with E-state index in [-0.39, 0.29) is 21.1 Å². The third-order valence-corrected chi connectivity index (χ3v) is 1.12. The minimum absolute atomic E-state index is 0. The van der Waals surface area contributed by atoms with E-state index in [0.29, 0.717) is 0 Å². The monoisotopic (exact) mass is 299 g/mol. The molecule has 2 nitrogen and oxygen atoms in total. The summed E-state index contributed by atoms with van der Waals surface area (Å²) in [6, 6.07) is 0. The van der Waals surface area contributed by atoms with Gasteiger partial charge in [-0.3, -0.25) is 0 Å². The Kier molecular flexibility index (Phi) is 5.76. The Balaban J connectivity index is 0.000000640. The summed E-state index contributed by atoms with van der Waals surface area (Å²) in [5.74, 6) is 1.38. The molecule has 0 aromatic heterocycles. The van der Waals surface area contributed by atoms with E-state index in [2.05, 4.69) is 0 Å². The van der Waals surface area contributed by atoms with Crippen LogP contribution in [0.2, 0.25) is 0 Å². The summed E-state index contributed by atoms with van der Waals surface area (Å²) in [7, 11) is 0. The van der Waals surface area contributed by atoms with Crippen LogP contribution in [0.1, 0.15) is 6.92 Å². The van der Waals surface area contributed by atoms with Crippen LogP contribution < -0.4 is 0 Å². The second kappa shape index (κ2) is 5.40. The third kappa shape index (κ3) is 3.34. The van der Waals surface area contributed by atoms with Crippen LogP contribution in [0.25, 0.3) is 0 Å². The van der Waals surface area contributed by atoms with Crippen LogP contribution in [-0.2, 0) is 30.5 Å². The van der Waals surface area contributed by atoms with Gasteiger partial charge in [-0.05, 0) is 6.92 Å². The van der Waals surface area contributed by atoms with Gasteiger partial charge in [0.1, 0.15) is 0 Å². The third-order valence-electron chi connectivity index (χ3n) is 1.12. The first-order valence-corrected chi connectivity index (χ1v) is 2.92. The van der Waals surface area contributed by atoms with Crippen molar-refractivity contribution in [1.82, 2.24) is 0 Å². The maximum absolute atomic E-state index is 5.12. The van der Waals surface area contributed by atoms with E-state index in [1.807, 2.05) is 6.92 Å². The van der Waals surface area contributed by atoms with Crippen LogP contribution in [0.15, 0.2) is 0 Å². The summed E-state index contributed by atoms with van der Waals surface area (Å²) in [5, 5.41) is 0. The molecule has 0 unspecified atom stereocenters. The molecule has 0 N–H and O–H groups in total. The summed E-state index contributed by atoms with van der Waals surface area (Å²) < 4.78 is 10.0. The first-order chi connectivity index (χ1) is 3.93.